The number of nitrogens with one attached hydrogen (secondary N) is 1. The fourth-order valence-electron chi connectivity index (χ4n) is 3.84. The van der Waals surface area contributed by atoms with Gasteiger partial charge in [-0.05, 0) is 57.2 Å². The number of ketones is 1. The molecule has 140 valence electrons. The van der Waals surface area contributed by atoms with Crippen molar-refractivity contribution in [3.05, 3.63) is 45.7 Å². The van der Waals surface area contributed by atoms with Crippen LogP contribution in [-0.2, 0) is 14.3 Å². The third kappa shape index (κ3) is 3.87. The van der Waals surface area contributed by atoms with E-state index in [-0.39, 0.29) is 41.8 Å². The monoisotopic (exact) mass is 357 g/mol. The van der Waals surface area contributed by atoms with E-state index in [1.54, 1.807) is 6.92 Å². The number of aliphatic hydroxyl groups is 1. The number of benzene rings is 1. The highest BCUT2D eigenvalue weighted by molar-refractivity contribution is 6.26. The van der Waals surface area contributed by atoms with Crippen LogP contribution in [0.25, 0.3) is 0 Å². The predicted molar refractivity (Wildman–Crippen MR) is 101 cm³/mol. The van der Waals surface area contributed by atoms with Gasteiger partial charge in [0.1, 0.15) is 5.76 Å². The molecule has 0 saturated heterocycles. The molecule has 2 unspecified atom stereocenters. The number of hydrogen-bond acceptors (Lipinski definition) is 5. The average molecular weight is 357 g/mol. The minimum atomic E-state index is -0.879. The van der Waals surface area contributed by atoms with Gasteiger partial charge in [0.2, 0.25) is 0 Å². The molecule has 0 aromatic heterocycles. The van der Waals surface area contributed by atoms with Gasteiger partial charge in [-0.15, -0.1) is 0 Å². The van der Waals surface area contributed by atoms with Crippen molar-refractivity contribution in [3.63, 3.8) is 0 Å². The van der Waals surface area contributed by atoms with Crippen molar-refractivity contribution >= 4 is 17.5 Å². The number of hydrogen-bond donors (Lipinski definition) is 2. The maximum atomic E-state index is 12.7. The largest absolute Gasteiger partial charge is 0.511 e. The molecule has 0 fully saturated rings. The summed E-state index contributed by atoms with van der Waals surface area (Å²) in [4.78, 5) is 24.6. The van der Waals surface area contributed by atoms with Crippen LogP contribution in [0.3, 0.4) is 0 Å². The molecule has 26 heavy (non-hydrogen) atoms. The van der Waals surface area contributed by atoms with Gasteiger partial charge in [0, 0.05) is 12.8 Å². The van der Waals surface area contributed by atoms with Crippen LogP contribution in [0, 0.1) is 32.1 Å². The zero-order valence-corrected chi connectivity index (χ0v) is 16.1. The summed E-state index contributed by atoms with van der Waals surface area (Å²) in [6, 6.07) is 4.15. The Kier molecular flexibility index (Phi) is 6.01. The molecule has 5 nitrogen and oxygen atoms in total. The van der Waals surface area contributed by atoms with Gasteiger partial charge in [-0.2, -0.15) is 0 Å². The zero-order valence-electron chi connectivity index (χ0n) is 16.1. The molecule has 0 aliphatic heterocycles. The minimum Gasteiger partial charge on any atom is -0.511 e. The number of carbonyl (C=O) groups is 2. The summed E-state index contributed by atoms with van der Waals surface area (Å²) in [5.74, 6) is -1.95. The van der Waals surface area contributed by atoms with E-state index in [9.17, 15) is 14.7 Å². The van der Waals surface area contributed by atoms with Crippen molar-refractivity contribution in [3.8, 4) is 0 Å². The maximum absolute atomic E-state index is 12.7. The lowest BCUT2D eigenvalue weighted by Gasteiger charge is -2.27. The Labute approximate surface area is 154 Å². The molecule has 0 amide bonds. The first-order chi connectivity index (χ1) is 12.2. The number of ether oxygens (including phenoxy) is 1. The van der Waals surface area contributed by atoms with E-state index in [2.05, 4.69) is 12.1 Å². The van der Waals surface area contributed by atoms with Crippen LogP contribution in [0.2, 0.25) is 0 Å². The molecule has 1 aromatic carbocycles. The standard InChI is InChI=1S/C21H27NO4/c1-6-26-21(25)14(5)20(22)19-16(23)9-15(10-17(19)24)18-12(3)7-11(2)8-13(18)4/h7-8,14-15,22-23H,6,9-10H2,1-5H3. The summed E-state index contributed by atoms with van der Waals surface area (Å²) in [6.45, 7) is 9.48. The van der Waals surface area contributed by atoms with Gasteiger partial charge >= 0.3 is 5.97 Å². The maximum Gasteiger partial charge on any atom is 0.314 e. The molecule has 0 bridgehead atoms. The molecule has 0 heterocycles. The molecule has 1 aliphatic rings. The third-order valence-electron chi connectivity index (χ3n) is 4.93. The predicted octanol–water partition coefficient (Wildman–Crippen LogP) is 4.09. The second kappa shape index (κ2) is 7.85. The van der Waals surface area contributed by atoms with Crippen molar-refractivity contribution in [2.45, 2.75) is 53.4 Å². The zero-order chi connectivity index (χ0) is 19.6. The van der Waals surface area contributed by atoms with Crippen LogP contribution in [0.1, 0.15) is 54.9 Å². The van der Waals surface area contributed by atoms with Crippen molar-refractivity contribution in [1.29, 1.82) is 5.41 Å². The lowest BCUT2D eigenvalue weighted by atomic mass is 9.77. The molecular formula is C21H27NO4. The quantitative estimate of drug-likeness (QED) is 0.614. The van der Waals surface area contributed by atoms with E-state index in [4.69, 9.17) is 10.1 Å². The Morgan fingerprint density at radius 1 is 1.27 bits per heavy atom. The van der Waals surface area contributed by atoms with Gasteiger partial charge in [-0.1, -0.05) is 17.7 Å². The first-order valence-corrected chi connectivity index (χ1v) is 8.95. The number of rotatable bonds is 5. The molecule has 0 saturated carbocycles. The Balaban J connectivity index is 2.32. The van der Waals surface area contributed by atoms with Crippen molar-refractivity contribution < 1.29 is 19.4 Å². The lowest BCUT2D eigenvalue weighted by Crippen LogP contribution is -2.31. The summed E-state index contributed by atoms with van der Waals surface area (Å²) >= 11 is 0. The Bertz CT molecular complexity index is 768. The van der Waals surface area contributed by atoms with Crippen LogP contribution in [-0.4, -0.2) is 29.2 Å². The molecule has 0 spiro atoms. The van der Waals surface area contributed by atoms with Gasteiger partial charge in [0.25, 0.3) is 0 Å². The molecule has 2 rings (SSSR count). The van der Waals surface area contributed by atoms with E-state index >= 15 is 0 Å². The second-order valence-corrected chi connectivity index (χ2v) is 7.05. The molecule has 5 heteroatoms. The van der Waals surface area contributed by atoms with Crippen LogP contribution in [0.15, 0.2) is 23.5 Å². The highest BCUT2D eigenvalue weighted by Crippen LogP contribution is 2.38. The van der Waals surface area contributed by atoms with E-state index in [0.717, 1.165) is 22.3 Å². The highest BCUT2D eigenvalue weighted by atomic mass is 16.5. The molecular weight excluding hydrogens is 330 g/mol. The van der Waals surface area contributed by atoms with E-state index < -0.39 is 11.9 Å². The summed E-state index contributed by atoms with van der Waals surface area (Å²) < 4.78 is 4.92. The van der Waals surface area contributed by atoms with Crippen molar-refractivity contribution in [2.75, 3.05) is 6.61 Å². The lowest BCUT2D eigenvalue weighted by molar-refractivity contribution is -0.145. The van der Waals surface area contributed by atoms with Crippen LogP contribution in [0.4, 0.5) is 0 Å². The summed E-state index contributed by atoms with van der Waals surface area (Å²) in [5, 5.41) is 18.7. The Hall–Kier alpha value is -2.43. The van der Waals surface area contributed by atoms with Crippen LogP contribution in [0.5, 0.6) is 0 Å². The molecule has 2 N–H and O–H groups in total. The summed E-state index contributed by atoms with van der Waals surface area (Å²) in [6.07, 6.45) is 0.520. The fraction of sp³-hybridized carbons (Fsp3) is 0.476. The highest BCUT2D eigenvalue weighted by Gasteiger charge is 2.35. The fourth-order valence-corrected chi connectivity index (χ4v) is 3.84. The van der Waals surface area contributed by atoms with Gasteiger partial charge in [0.15, 0.2) is 5.78 Å². The Morgan fingerprint density at radius 2 is 1.85 bits per heavy atom. The van der Waals surface area contributed by atoms with Gasteiger partial charge < -0.3 is 15.3 Å². The third-order valence-corrected chi connectivity index (χ3v) is 4.93. The molecule has 1 aliphatic carbocycles. The molecule has 2 atom stereocenters. The van der Waals surface area contributed by atoms with Gasteiger partial charge in [-0.25, -0.2) is 0 Å². The number of aliphatic hydroxyl groups excluding tert-OH is 1. The molecule has 0 radical (unpaired) electrons. The number of allylic oxidation sites excluding steroid dienone is 2. The van der Waals surface area contributed by atoms with E-state index in [1.165, 1.54) is 6.92 Å². The second-order valence-electron chi connectivity index (χ2n) is 7.05. The number of carbonyl (C=O) groups excluding carboxylic acids is 2. The van der Waals surface area contributed by atoms with Crippen LogP contribution >= 0.6 is 0 Å². The minimum absolute atomic E-state index is 0.0239. The van der Waals surface area contributed by atoms with Crippen LogP contribution < -0.4 is 0 Å². The van der Waals surface area contributed by atoms with Gasteiger partial charge in [0.05, 0.1) is 23.8 Å². The first-order valence-electron chi connectivity index (χ1n) is 8.95. The van der Waals surface area contributed by atoms with E-state index in [0.29, 0.717) is 6.42 Å². The molecule has 1 aromatic rings. The van der Waals surface area contributed by atoms with Crippen molar-refractivity contribution in [2.24, 2.45) is 5.92 Å². The smallest absolute Gasteiger partial charge is 0.314 e. The van der Waals surface area contributed by atoms with E-state index in [1.807, 2.05) is 20.8 Å². The SMILES string of the molecule is CCOC(=O)C(C)C(=N)C1=C(O)CC(c2c(C)cc(C)cc2C)CC1=O. The summed E-state index contributed by atoms with van der Waals surface area (Å²) in [5.41, 5.74) is 4.26. The Morgan fingerprint density at radius 3 is 2.35 bits per heavy atom. The van der Waals surface area contributed by atoms with Gasteiger partial charge in [-0.3, -0.25) is 9.59 Å². The number of Topliss-reactive ketones (excluding diaryl/α,β-unsaturated/α-hetero) is 1. The normalized spacial score (nSPS) is 18.7. The first kappa shape index (κ1) is 19.9. The number of esters is 1. The van der Waals surface area contributed by atoms with Crippen molar-refractivity contribution in [1.82, 2.24) is 0 Å². The average Bonchev–Trinajstić information content (AvgIpc) is 2.52. The number of aryl methyl sites for hydroxylation is 3. The topological polar surface area (TPSA) is 87.5 Å². The summed E-state index contributed by atoms with van der Waals surface area (Å²) in [7, 11) is 0.